The van der Waals surface area contributed by atoms with Gasteiger partial charge in [-0.25, -0.2) is 12.7 Å². The van der Waals surface area contributed by atoms with E-state index >= 15 is 0 Å². The van der Waals surface area contributed by atoms with Crippen LogP contribution in [0.15, 0.2) is 42.5 Å². The number of phenols is 1. The topological polar surface area (TPSA) is 130 Å². The number of anilines is 1. The third kappa shape index (κ3) is 4.82. The molecule has 9 nitrogen and oxygen atoms in total. The Bertz CT molecular complexity index is 959. The summed E-state index contributed by atoms with van der Waals surface area (Å²) in [5, 5.41) is 12.3. The molecule has 0 aliphatic carbocycles. The Morgan fingerprint density at radius 3 is 2.44 bits per heavy atom. The minimum atomic E-state index is -4.02. The first-order valence-electron chi connectivity index (χ1n) is 7.52. The zero-order valence-electron chi connectivity index (χ0n) is 14.2. The summed E-state index contributed by atoms with van der Waals surface area (Å²) < 4.78 is 29.8. The van der Waals surface area contributed by atoms with E-state index in [1.165, 1.54) is 0 Å². The molecule has 0 unspecified atom stereocenters. The Balaban J connectivity index is 2.60. The van der Waals surface area contributed by atoms with Crippen molar-refractivity contribution in [2.45, 2.75) is 0 Å². The number of hydrogen-bond acceptors (Lipinski definition) is 7. The zero-order chi connectivity index (χ0) is 20.0. The van der Waals surface area contributed by atoms with Gasteiger partial charge in [-0.3, -0.25) is 14.4 Å². The maximum absolute atomic E-state index is 12.1. The van der Waals surface area contributed by atoms with Gasteiger partial charge in [-0.1, -0.05) is 18.2 Å². The second kappa shape index (κ2) is 8.32. The lowest BCUT2D eigenvalue weighted by atomic mass is 10.1. The molecule has 0 spiro atoms. The lowest BCUT2D eigenvalue weighted by Crippen LogP contribution is -2.28. The summed E-state index contributed by atoms with van der Waals surface area (Å²) in [7, 11) is -4.02. The Kier molecular flexibility index (Phi) is 6.14. The number of sulfonamides is 1. The fourth-order valence-electron chi connectivity index (χ4n) is 2.19. The number of nitrogens with one attached hydrogen (secondary N) is 1. The van der Waals surface area contributed by atoms with Crippen LogP contribution in [-0.4, -0.2) is 44.9 Å². The van der Waals surface area contributed by atoms with Gasteiger partial charge in [0.05, 0.1) is 18.4 Å². The molecule has 2 rings (SSSR count). The van der Waals surface area contributed by atoms with E-state index in [1.807, 2.05) is 0 Å². The first-order valence-corrected chi connectivity index (χ1v) is 9.37. The number of para-hydroxylation sites is 1. The van der Waals surface area contributed by atoms with E-state index < -0.39 is 21.6 Å². The van der Waals surface area contributed by atoms with Gasteiger partial charge in [0.25, 0.3) is 0 Å². The smallest absolute Gasteiger partial charge is 0.238 e. The molecule has 2 amide bonds. The molecule has 142 valence electrons. The molecule has 2 aromatic rings. The van der Waals surface area contributed by atoms with Crippen molar-refractivity contribution in [1.29, 1.82) is 0 Å². The molecule has 0 aliphatic rings. The Hall–Kier alpha value is -3.40. The highest BCUT2D eigenvalue weighted by molar-refractivity contribution is 7.92. The van der Waals surface area contributed by atoms with Crippen LogP contribution < -0.4 is 14.4 Å². The number of ether oxygens (including phenoxy) is 1. The van der Waals surface area contributed by atoms with Crippen LogP contribution in [0.1, 0.15) is 10.4 Å². The van der Waals surface area contributed by atoms with Crippen molar-refractivity contribution in [2.24, 2.45) is 0 Å². The zero-order valence-corrected chi connectivity index (χ0v) is 15.0. The number of Topliss-reactive ketones (excluding diaryl/α,β-unsaturated/α-hetero) is 1. The van der Waals surface area contributed by atoms with E-state index in [0.29, 0.717) is 16.5 Å². The molecule has 2 aromatic carbocycles. The molecule has 0 bridgehead atoms. The maximum Gasteiger partial charge on any atom is 0.238 e. The molecule has 0 fully saturated rings. The molecule has 2 N–H and O–H groups in total. The van der Waals surface area contributed by atoms with Gasteiger partial charge < -0.3 is 15.2 Å². The van der Waals surface area contributed by atoms with Gasteiger partial charge in [-0.15, -0.1) is 0 Å². The third-order valence-electron chi connectivity index (χ3n) is 3.39. The van der Waals surface area contributed by atoms with E-state index in [4.69, 9.17) is 4.74 Å². The van der Waals surface area contributed by atoms with Gasteiger partial charge in [0.1, 0.15) is 17.2 Å². The van der Waals surface area contributed by atoms with Gasteiger partial charge >= 0.3 is 0 Å². The van der Waals surface area contributed by atoms with Crippen LogP contribution in [0.25, 0.3) is 0 Å². The van der Waals surface area contributed by atoms with Gasteiger partial charge in [0, 0.05) is 6.07 Å². The van der Waals surface area contributed by atoms with Crippen molar-refractivity contribution < 1.29 is 32.6 Å². The van der Waals surface area contributed by atoms with Crippen molar-refractivity contribution >= 4 is 34.3 Å². The number of carbonyl (C=O) groups is 3. The number of aromatic hydroxyl groups is 1. The van der Waals surface area contributed by atoms with E-state index in [9.17, 15) is 27.9 Å². The van der Waals surface area contributed by atoms with Crippen molar-refractivity contribution in [3.63, 3.8) is 0 Å². The van der Waals surface area contributed by atoms with Crippen molar-refractivity contribution in [1.82, 2.24) is 5.32 Å². The molecule has 0 radical (unpaired) electrons. The lowest BCUT2D eigenvalue weighted by Gasteiger charge is -2.20. The van der Waals surface area contributed by atoms with Crippen molar-refractivity contribution in [3.8, 4) is 17.2 Å². The van der Waals surface area contributed by atoms with Crippen LogP contribution in [0.3, 0.4) is 0 Å². The molecule has 0 heterocycles. The molecule has 0 aliphatic heterocycles. The SMILES string of the molecule is CS(=O)(=O)N(C=O)c1cc(O)c(C(=O)CNC=O)cc1Oc1ccccc1. The second-order valence-electron chi connectivity index (χ2n) is 5.34. The summed E-state index contributed by atoms with van der Waals surface area (Å²) in [5.74, 6) is -1.04. The predicted octanol–water partition coefficient (Wildman–Crippen LogP) is 1.04. The summed E-state index contributed by atoms with van der Waals surface area (Å²) in [6.07, 6.45) is 1.18. The van der Waals surface area contributed by atoms with Gasteiger partial charge in [0.2, 0.25) is 22.8 Å². The summed E-state index contributed by atoms with van der Waals surface area (Å²) in [5.41, 5.74) is -0.480. The molecular weight excluding hydrogens is 376 g/mol. The number of amides is 2. The van der Waals surface area contributed by atoms with Crippen LogP contribution >= 0.6 is 0 Å². The fourth-order valence-corrected chi connectivity index (χ4v) is 2.85. The van der Waals surface area contributed by atoms with Gasteiger partial charge in [0.15, 0.2) is 11.5 Å². The molecular formula is C17H16N2O7S. The van der Waals surface area contributed by atoms with Crippen LogP contribution in [-0.2, 0) is 19.6 Å². The van der Waals surface area contributed by atoms with Crippen LogP contribution in [0.5, 0.6) is 17.2 Å². The van der Waals surface area contributed by atoms with Crippen LogP contribution in [0.4, 0.5) is 5.69 Å². The van der Waals surface area contributed by atoms with Gasteiger partial charge in [-0.05, 0) is 18.2 Å². The Morgan fingerprint density at radius 1 is 1.22 bits per heavy atom. The largest absolute Gasteiger partial charge is 0.507 e. The highest BCUT2D eigenvalue weighted by Crippen LogP contribution is 2.38. The predicted molar refractivity (Wildman–Crippen MR) is 96.4 cm³/mol. The van der Waals surface area contributed by atoms with Crippen molar-refractivity contribution in [3.05, 3.63) is 48.0 Å². The van der Waals surface area contributed by atoms with Crippen LogP contribution in [0.2, 0.25) is 0 Å². The molecule has 27 heavy (non-hydrogen) atoms. The summed E-state index contributed by atoms with van der Waals surface area (Å²) in [6, 6.07) is 10.3. The minimum Gasteiger partial charge on any atom is -0.507 e. The number of hydrogen-bond donors (Lipinski definition) is 2. The molecule has 10 heteroatoms. The minimum absolute atomic E-state index is 0.0530. The lowest BCUT2D eigenvalue weighted by molar-refractivity contribution is -0.109. The van der Waals surface area contributed by atoms with Crippen molar-refractivity contribution in [2.75, 3.05) is 17.1 Å². The van der Waals surface area contributed by atoms with E-state index in [-0.39, 0.29) is 30.0 Å². The quantitative estimate of drug-likeness (QED) is 0.481. The Labute approximate surface area is 155 Å². The second-order valence-corrected chi connectivity index (χ2v) is 7.20. The normalized spacial score (nSPS) is 10.7. The van der Waals surface area contributed by atoms with E-state index in [0.717, 1.165) is 18.4 Å². The molecule has 0 aromatic heterocycles. The number of benzene rings is 2. The molecule has 0 saturated carbocycles. The third-order valence-corrected chi connectivity index (χ3v) is 4.38. The monoisotopic (exact) mass is 392 g/mol. The molecule has 0 saturated heterocycles. The summed E-state index contributed by atoms with van der Waals surface area (Å²) in [6.45, 7) is -0.384. The van der Waals surface area contributed by atoms with E-state index in [2.05, 4.69) is 5.32 Å². The first-order chi connectivity index (χ1) is 12.8. The standard InChI is InChI=1S/C17H16N2O7S/c1-27(24,25)19(11-21)14-8-15(22)13(16(23)9-18-10-20)7-17(14)26-12-5-3-2-4-6-12/h2-8,10-11,22H,9H2,1H3,(H,18,20). The number of phenolic OH excluding ortho intramolecular Hbond substituents is 1. The number of nitrogens with zero attached hydrogens (tertiary/aromatic N) is 1. The average Bonchev–Trinajstić information content (AvgIpc) is 2.62. The Morgan fingerprint density at radius 2 is 1.89 bits per heavy atom. The van der Waals surface area contributed by atoms with E-state index in [1.54, 1.807) is 30.3 Å². The fraction of sp³-hybridized carbons (Fsp3) is 0.118. The number of rotatable bonds is 9. The summed E-state index contributed by atoms with van der Waals surface area (Å²) in [4.78, 5) is 33.8. The number of carbonyl (C=O) groups excluding carboxylic acids is 3. The average molecular weight is 392 g/mol. The van der Waals surface area contributed by atoms with Crippen LogP contribution in [0, 0.1) is 0 Å². The number of ketones is 1. The van der Waals surface area contributed by atoms with Gasteiger partial charge in [-0.2, -0.15) is 0 Å². The first kappa shape index (κ1) is 19.9. The highest BCUT2D eigenvalue weighted by atomic mass is 32.2. The highest BCUT2D eigenvalue weighted by Gasteiger charge is 2.25. The summed E-state index contributed by atoms with van der Waals surface area (Å²) >= 11 is 0. The molecule has 0 atom stereocenters. The maximum atomic E-state index is 12.1.